The number of carbonyl (C=O) groups is 1. The van der Waals surface area contributed by atoms with Gasteiger partial charge in [-0.2, -0.15) is 10.1 Å². The van der Waals surface area contributed by atoms with E-state index in [1.807, 2.05) is 17.5 Å². The molecule has 26 heavy (non-hydrogen) atoms. The largest absolute Gasteiger partial charge is 0.494 e. The van der Waals surface area contributed by atoms with Crippen LogP contribution in [-0.4, -0.2) is 30.3 Å². The summed E-state index contributed by atoms with van der Waals surface area (Å²) in [6, 6.07) is 8.04. The minimum Gasteiger partial charge on any atom is -0.494 e. The van der Waals surface area contributed by atoms with Gasteiger partial charge < -0.3 is 9.47 Å². The number of hydrogen-bond donors (Lipinski definition) is 0. The van der Waals surface area contributed by atoms with Crippen LogP contribution >= 0.6 is 22.7 Å². The summed E-state index contributed by atoms with van der Waals surface area (Å²) in [6.45, 7) is 0.667. The second-order valence-electron chi connectivity index (χ2n) is 5.19. The number of thiazole rings is 1. The Bertz CT molecular complexity index is 998. The van der Waals surface area contributed by atoms with Gasteiger partial charge in [0.25, 0.3) is 0 Å². The molecule has 3 heterocycles. The number of anilines is 1. The first-order chi connectivity index (χ1) is 12.7. The number of benzene rings is 1. The van der Waals surface area contributed by atoms with Gasteiger partial charge in [0.05, 0.1) is 16.4 Å². The van der Waals surface area contributed by atoms with Gasteiger partial charge in [-0.25, -0.2) is 9.37 Å². The maximum atomic E-state index is 13.5. The van der Waals surface area contributed by atoms with E-state index in [0.29, 0.717) is 22.0 Å². The minimum atomic E-state index is -0.503. The lowest BCUT2D eigenvalue weighted by Crippen LogP contribution is -2.30. The average molecular weight is 389 g/mol. The number of nitrogens with zero attached hydrogens (tertiary/aromatic N) is 3. The predicted molar refractivity (Wildman–Crippen MR) is 99.0 cm³/mol. The molecule has 0 aliphatic carbocycles. The number of fused-ring (bicyclic) bond motifs is 1. The van der Waals surface area contributed by atoms with Crippen molar-refractivity contribution in [1.82, 2.24) is 4.98 Å². The lowest BCUT2D eigenvalue weighted by molar-refractivity contribution is -0.119. The van der Waals surface area contributed by atoms with Crippen LogP contribution in [0.5, 0.6) is 0 Å². The third kappa shape index (κ3) is 3.44. The SMILES string of the molecule is O=C(C1=COCCO1)N(/N=C/c1cccs1)c1nc2ccc(F)cc2s1. The molecule has 1 amide bonds. The van der Waals surface area contributed by atoms with E-state index in [2.05, 4.69) is 10.1 Å². The quantitative estimate of drug-likeness (QED) is 0.504. The fourth-order valence-corrected chi connectivity index (χ4v) is 3.76. The van der Waals surface area contributed by atoms with Crippen LogP contribution in [-0.2, 0) is 14.3 Å². The summed E-state index contributed by atoms with van der Waals surface area (Å²) in [5.74, 6) is -0.818. The summed E-state index contributed by atoms with van der Waals surface area (Å²) in [7, 11) is 0. The van der Waals surface area contributed by atoms with Crippen molar-refractivity contribution in [2.24, 2.45) is 5.10 Å². The molecule has 6 nitrogen and oxygen atoms in total. The van der Waals surface area contributed by atoms with Crippen molar-refractivity contribution < 1.29 is 18.7 Å². The molecule has 9 heteroatoms. The number of thiophene rings is 1. The first-order valence-corrected chi connectivity index (χ1v) is 9.33. The second-order valence-corrected chi connectivity index (χ2v) is 7.18. The van der Waals surface area contributed by atoms with E-state index in [0.717, 1.165) is 9.89 Å². The number of ether oxygens (including phenoxy) is 2. The summed E-state index contributed by atoms with van der Waals surface area (Å²) in [5.41, 5.74) is 0.588. The number of halogens is 1. The van der Waals surface area contributed by atoms with E-state index in [-0.39, 0.29) is 18.2 Å². The highest BCUT2D eigenvalue weighted by Gasteiger charge is 2.26. The van der Waals surface area contributed by atoms with Gasteiger partial charge in [0.15, 0.2) is 0 Å². The van der Waals surface area contributed by atoms with E-state index >= 15 is 0 Å². The second kappa shape index (κ2) is 7.22. The minimum absolute atomic E-state index is 0.0463. The summed E-state index contributed by atoms with van der Waals surface area (Å²) < 4.78 is 24.6. The zero-order chi connectivity index (χ0) is 17.9. The highest BCUT2D eigenvalue weighted by Crippen LogP contribution is 2.30. The molecule has 0 spiro atoms. The van der Waals surface area contributed by atoms with Crippen LogP contribution in [0.1, 0.15) is 4.88 Å². The molecule has 132 valence electrons. The highest BCUT2D eigenvalue weighted by atomic mass is 32.1. The molecule has 0 atom stereocenters. The number of carbonyl (C=O) groups excluding carboxylic acids is 1. The molecule has 3 aromatic rings. The normalized spacial score (nSPS) is 14.1. The van der Waals surface area contributed by atoms with Crippen molar-refractivity contribution >= 4 is 50.1 Å². The molecule has 0 saturated heterocycles. The van der Waals surface area contributed by atoms with E-state index in [1.165, 1.54) is 41.1 Å². The number of amides is 1. The third-order valence-corrected chi connectivity index (χ3v) is 5.22. The molecule has 0 radical (unpaired) electrons. The van der Waals surface area contributed by atoms with Crippen molar-refractivity contribution in [3.8, 4) is 0 Å². The van der Waals surface area contributed by atoms with Gasteiger partial charge in [-0.3, -0.25) is 4.79 Å². The van der Waals surface area contributed by atoms with Crippen LogP contribution < -0.4 is 5.01 Å². The van der Waals surface area contributed by atoms with E-state index < -0.39 is 5.91 Å². The fourth-order valence-electron chi connectivity index (χ4n) is 2.23. The van der Waals surface area contributed by atoms with Crippen LogP contribution in [0.2, 0.25) is 0 Å². The Kier molecular flexibility index (Phi) is 4.63. The van der Waals surface area contributed by atoms with Crippen LogP contribution in [0.4, 0.5) is 9.52 Å². The monoisotopic (exact) mass is 389 g/mol. The van der Waals surface area contributed by atoms with Crippen molar-refractivity contribution in [1.29, 1.82) is 0 Å². The Morgan fingerprint density at radius 2 is 2.27 bits per heavy atom. The van der Waals surface area contributed by atoms with Crippen molar-refractivity contribution in [2.45, 2.75) is 0 Å². The molecule has 1 aliphatic heterocycles. The van der Waals surface area contributed by atoms with E-state index in [9.17, 15) is 9.18 Å². The Balaban J connectivity index is 1.73. The zero-order valence-corrected chi connectivity index (χ0v) is 14.9. The Morgan fingerprint density at radius 1 is 1.35 bits per heavy atom. The molecular formula is C17H12FN3O3S2. The molecular weight excluding hydrogens is 377 g/mol. The number of rotatable bonds is 4. The summed E-state index contributed by atoms with van der Waals surface area (Å²) in [6.07, 6.45) is 2.84. The number of hydrazone groups is 1. The topological polar surface area (TPSA) is 64.0 Å². The maximum absolute atomic E-state index is 13.5. The molecule has 1 aromatic carbocycles. The van der Waals surface area contributed by atoms with Crippen LogP contribution in [0, 0.1) is 5.82 Å². The van der Waals surface area contributed by atoms with Crippen molar-refractivity contribution in [3.63, 3.8) is 0 Å². The summed E-state index contributed by atoms with van der Waals surface area (Å²) in [5, 5.41) is 7.65. The first kappa shape index (κ1) is 16.7. The zero-order valence-electron chi connectivity index (χ0n) is 13.3. The first-order valence-electron chi connectivity index (χ1n) is 7.63. The molecule has 0 N–H and O–H groups in total. The van der Waals surface area contributed by atoms with Crippen LogP contribution in [0.25, 0.3) is 10.2 Å². The number of aromatic nitrogens is 1. The lowest BCUT2D eigenvalue weighted by Gasteiger charge is -2.18. The summed E-state index contributed by atoms with van der Waals surface area (Å²) >= 11 is 2.66. The molecule has 2 aromatic heterocycles. The van der Waals surface area contributed by atoms with Crippen LogP contribution in [0.15, 0.2) is 52.8 Å². The van der Waals surface area contributed by atoms with Gasteiger partial charge in [0.1, 0.15) is 25.3 Å². The third-order valence-electron chi connectivity index (χ3n) is 3.42. The Hall–Kier alpha value is -2.78. The van der Waals surface area contributed by atoms with Crippen LogP contribution in [0.3, 0.4) is 0 Å². The van der Waals surface area contributed by atoms with Gasteiger partial charge in [-0.15, -0.1) is 11.3 Å². The molecule has 0 saturated carbocycles. The van der Waals surface area contributed by atoms with Crippen molar-refractivity contribution in [3.05, 3.63) is 58.4 Å². The maximum Gasteiger partial charge on any atom is 0.319 e. The molecule has 4 rings (SSSR count). The molecule has 1 aliphatic rings. The summed E-state index contributed by atoms with van der Waals surface area (Å²) in [4.78, 5) is 18.1. The molecule has 0 fully saturated rings. The van der Waals surface area contributed by atoms with Gasteiger partial charge in [0, 0.05) is 4.88 Å². The smallest absolute Gasteiger partial charge is 0.319 e. The van der Waals surface area contributed by atoms with Gasteiger partial charge in [-0.05, 0) is 29.6 Å². The van der Waals surface area contributed by atoms with Gasteiger partial charge in [-0.1, -0.05) is 17.4 Å². The number of hydrogen-bond acceptors (Lipinski definition) is 7. The van der Waals surface area contributed by atoms with Gasteiger partial charge in [0.2, 0.25) is 10.9 Å². The standard InChI is InChI=1S/C17H12FN3O3S2/c18-11-3-4-13-15(8-11)26-17(20-13)21(19-9-12-2-1-7-25-12)16(22)14-10-23-5-6-24-14/h1-4,7-10H,5-6H2/b19-9+. The fraction of sp³-hybridized carbons (Fsp3) is 0.118. The Labute approximate surface area is 155 Å². The van der Waals surface area contributed by atoms with E-state index in [4.69, 9.17) is 9.47 Å². The highest BCUT2D eigenvalue weighted by molar-refractivity contribution is 7.22. The molecule has 0 unspecified atom stereocenters. The average Bonchev–Trinajstić information content (AvgIpc) is 3.31. The van der Waals surface area contributed by atoms with Crippen molar-refractivity contribution in [2.75, 3.05) is 18.2 Å². The molecule has 0 bridgehead atoms. The van der Waals surface area contributed by atoms with E-state index in [1.54, 1.807) is 12.3 Å². The predicted octanol–water partition coefficient (Wildman–Crippen LogP) is 3.75. The lowest BCUT2D eigenvalue weighted by atomic mass is 10.3. The van der Waals surface area contributed by atoms with Gasteiger partial charge >= 0.3 is 5.91 Å². The Morgan fingerprint density at radius 3 is 3.04 bits per heavy atom.